The van der Waals surface area contributed by atoms with Crippen molar-refractivity contribution in [3.63, 3.8) is 0 Å². The van der Waals surface area contributed by atoms with Crippen molar-refractivity contribution in [3.8, 4) is 0 Å². The van der Waals surface area contributed by atoms with Crippen LogP contribution >= 0.6 is 0 Å². The molecule has 5 rings (SSSR count). The summed E-state index contributed by atoms with van der Waals surface area (Å²) >= 11 is 0. The number of fused-ring (bicyclic) bond motifs is 2. The minimum Gasteiger partial charge on any atom is -0.450 e. The van der Waals surface area contributed by atoms with Gasteiger partial charge in [0, 0.05) is 6.07 Å². The molecule has 2 aromatic carbocycles. The van der Waals surface area contributed by atoms with Crippen molar-refractivity contribution in [3.05, 3.63) is 92.5 Å². The van der Waals surface area contributed by atoms with Crippen LogP contribution in [-0.2, 0) is 6.42 Å². The molecule has 1 amide bonds. The van der Waals surface area contributed by atoms with Crippen molar-refractivity contribution in [2.45, 2.75) is 33.2 Å². The second kappa shape index (κ2) is 6.69. The van der Waals surface area contributed by atoms with Gasteiger partial charge in [0.05, 0.1) is 17.0 Å². The second-order valence-electron chi connectivity index (χ2n) is 7.64. The molecular formula is C24H20N2O4. The molecule has 4 aromatic rings. The molecule has 0 saturated carbocycles. The molecule has 0 saturated heterocycles. The Morgan fingerprint density at radius 3 is 2.47 bits per heavy atom. The lowest BCUT2D eigenvalue weighted by atomic mass is 9.97. The van der Waals surface area contributed by atoms with E-state index in [0.29, 0.717) is 28.1 Å². The Morgan fingerprint density at radius 1 is 1.03 bits per heavy atom. The number of rotatable bonds is 3. The monoisotopic (exact) mass is 400 g/mol. The molecule has 6 nitrogen and oxygen atoms in total. The summed E-state index contributed by atoms with van der Waals surface area (Å²) in [7, 11) is 0. The van der Waals surface area contributed by atoms with Gasteiger partial charge >= 0.3 is 0 Å². The lowest BCUT2D eigenvalue weighted by Gasteiger charge is -2.22. The highest BCUT2D eigenvalue weighted by Crippen LogP contribution is 2.41. The van der Waals surface area contributed by atoms with Gasteiger partial charge in [0.15, 0.2) is 11.2 Å². The molecule has 1 aliphatic heterocycles. The van der Waals surface area contributed by atoms with Crippen LogP contribution in [0.25, 0.3) is 11.0 Å². The fraction of sp³-hybridized carbons (Fsp3) is 0.208. The minimum absolute atomic E-state index is 0.0583. The predicted molar refractivity (Wildman–Crippen MR) is 113 cm³/mol. The van der Waals surface area contributed by atoms with Gasteiger partial charge in [0.1, 0.15) is 11.3 Å². The highest BCUT2D eigenvalue weighted by molar-refractivity contribution is 6.10. The SMILES string of the molecule is CCc1ccc2oc3c(c(=O)c2c1)[C@@H](c1ccc(C)cc1)N(c1cc(C)on1)C3=O. The number of amides is 1. The molecule has 30 heavy (non-hydrogen) atoms. The molecule has 0 fully saturated rings. The summed E-state index contributed by atoms with van der Waals surface area (Å²) in [5.41, 5.74) is 3.49. The van der Waals surface area contributed by atoms with Crippen LogP contribution in [0.5, 0.6) is 0 Å². The zero-order chi connectivity index (χ0) is 21.0. The number of benzene rings is 2. The molecule has 0 spiro atoms. The minimum atomic E-state index is -0.636. The number of hydrogen-bond donors (Lipinski definition) is 0. The Morgan fingerprint density at radius 2 is 1.80 bits per heavy atom. The predicted octanol–water partition coefficient (Wildman–Crippen LogP) is 4.71. The van der Waals surface area contributed by atoms with Gasteiger partial charge in [-0.2, -0.15) is 0 Å². The molecule has 0 radical (unpaired) electrons. The maximum absolute atomic E-state index is 13.6. The van der Waals surface area contributed by atoms with Crippen molar-refractivity contribution in [2.24, 2.45) is 0 Å². The third kappa shape index (κ3) is 2.68. The quantitative estimate of drug-likeness (QED) is 0.498. The average Bonchev–Trinajstić information content (AvgIpc) is 3.30. The summed E-state index contributed by atoms with van der Waals surface area (Å²) < 4.78 is 11.2. The van der Waals surface area contributed by atoms with Crippen LogP contribution in [0.4, 0.5) is 5.82 Å². The van der Waals surface area contributed by atoms with Gasteiger partial charge in [-0.25, -0.2) is 0 Å². The highest BCUT2D eigenvalue weighted by Gasteiger charge is 2.44. The normalized spacial score (nSPS) is 15.8. The smallest absolute Gasteiger partial charge is 0.296 e. The summed E-state index contributed by atoms with van der Waals surface area (Å²) in [4.78, 5) is 28.5. The number of aromatic nitrogens is 1. The number of carbonyl (C=O) groups excluding carboxylic acids is 1. The first-order valence-electron chi connectivity index (χ1n) is 9.91. The van der Waals surface area contributed by atoms with E-state index >= 15 is 0 Å². The molecule has 6 heteroatoms. The summed E-state index contributed by atoms with van der Waals surface area (Å²) in [6.07, 6.45) is 0.803. The second-order valence-corrected chi connectivity index (χ2v) is 7.64. The van der Waals surface area contributed by atoms with E-state index in [0.717, 1.165) is 23.1 Å². The first-order chi connectivity index (χ1) is 14.5. The van der Waals surface area contributed by atoms with Crippen LogP contribution < -0.4 is 10.3 Å². The highest BCUT2D eigenvalue weighted by atomic mass is 16.5. The Hall–Kier alpha value is -3.67. The van der Waals surface area contributed by atoms with Crippen LogP contribution in [0.1, 0.15) is 51.5 Å². The average molecular weight is 400 g/mol. The zero-order valence-electron chi connectivity index (χ0n) is 16.9. The fourth-order valence-corrected chi connectivity index (χ4v) is 4.01. The Kier molecular flexibility index (Phi) is 4.10. The van der Waals surface area contributed by atoms with Gasteiger partial charge in [0.25, 0.3) is 5.91 Å². The van der Waals surface area contributed by atoms with Gasteiger partial charge < -0.3 is 8.94 Å². The van der Waals surface area contributed by atoms with E-state index in [-0.39, 0.29) is 11.2 Å². The lowest BCUT2D eigenvalue weighted by Crippen LogP contribution is -2.29. The molecule has 3 heterocycles. The summed E-state index contributed by atoms with van der Waals surface area (Å²) in [5, 5.41) is 4.52. The van der Waals surface area contributed by atoms with Crippen molar-refractivity contribution < 1.29 is 13.7 Å². The Bertz CT molecular complexity index is 1350. The molecule has 0 N–H and O–H groups in total. The molecule has 0 unspecified atom stereocenters. The largest absolute Gasteiger partial charge is 0.450 e. The first kappa shape index (κ1) is 18.4. The first-order valence-corrected chi connectivity index (χ1v) is 9.91. The van der Waals surface area contributed by atoms with Crippen molar-refractivity contribution >= 4 is 22.7 Å². The van der Waals surface area contributed by atoms with Crippen molar-refractivity contribution in [1.29, 1.82) is 0 Å². The molecule has 1 atom stereocenters. The van der Waals surface area contributed by atoms with Gasteiger partial charge in [0.2, 0.25) is 5.76 Å². The molecule has 0 aliphatic carbocycles. The molecule has 150 valence electrons. The topological polar surface area (TPSA) is 76.6 Å². The van der Waals surface area contributed by atoms with E-state index in [4.69, 9.17) is 8.94 Å². The van der Waals surface area contributed by atoms with Gasteiger partial charge in [-0.15, -0.1) is 0 Å². The summed E-state index contributed by atoms with van der Waals surface area (Å²) in [6, 6.07) is 14.3. The lowest BCUT2D eigenvalue weighted by molar-refractivity contribution is 0.0969. The van der Waals surface area contributed by atoms with Gasteiger partial charge in [-0.1, -0.05) is 48.0 Å². The van der Waals surface area contributed by atoms with E-state index in [1.54, 1.807) is 19.1 Å². The maximum Gasteiger partial charge on any atom is 0.296 e. The summed E-state index contributed by atoms with van der Waals surface area (Å²) in [5.74, 6) is 0.589. The van der Waals surface area contributed by atoms with Gasteiger partial charge in [-0.3, -0.25) is 14.5 Å². The van der Waals surface area contributed by atoms with E-state index in [1.807, 2.05) is 50.2 Å². The molecule has 0 bridgehead atoms. The Balaban J connectivity index is 1.81. The van der Waals surface area contributed by atoms with Crippen LogP contribution in [0.15, 0.2) is 62.3 Å². The van der Waals surface area contributed by atoms with E-state index in [9.17, 15) is 9.59 Å². The number of aryl methyl sites for hydroxylation is 3. The third-order valence-corrected chi connectivity index (χ3v) is 5.60. The van der Waals surface area contributed by atoms with E-state index < -0.39 is 11.9 Å². The van der Waals surface area contributed by atoms with Crippen LogP contribution in [0, 0.1) is 13.8 Å². The van der Waals surface area contributed by atoms with Crippen LogP contribution in [0.3, 0.4) is 0 Å². The van der Waals surface area contributed by atoms with Crippen molar-refractivity contribution in [1.82, 2.24) is 5.16 Å². The Labute approximate surface area is 172 Å². The standard InChI is InChI=1S/C24H20N2O4/c1-4-15-7-10-18-17(12-15)22(27)20-21(16-8-5-13(2)6-9-16)26(24(28)23(20)29-18)19-11-14(3)30-25-19/h5-12,21H,4H2,1-3H3/t21-/m1/s1. The molecule has 2 aromatic heterocycles. The third-order valence-electron chi connectivity index (χ3n) is 5.60. The summed E-state index contributed by atoms with van der Waals surface area (Å²) in [6.45, 7) is 5.78. The number of anilines is 1. The fourth-order valence-electron chi connectivity index (χ4n) is 4.01. The van der Waals surface area contributed by atoms with Crippen molar-refractivity contribution in [2.75, 3.05) is 4.90 Å². The van der Waals surface area contributed by atoms with Crippen LogP contribution in [0.2, 0.25) is 0 Å². The van der Waals surface area contributed by atoms with Gasteiger partial charge in [-0.05, 0) is 43.5 Å². The number of nitrogens with zero attached hydrogens (tertiary/aromatic N) is 2. The number of carbonyl (C=O) groups is 1. The molecule has 1 aliphatic rings. The van der Waals surface area contributed by atoms with E-state index in [1.165, 1.54) is 4.90 Å². The number of hydrogen-bond acceptors (Lipinski definition) is 5. The zero-order valence-corrected chi connectivity index (χ0v) is 16.9. The van der Waals surface area contributed by atoms with Crippen LogP contribution in [-0.4, -0.2) is 11.1 Å². The molecular weight excluding hydrogens is 380 g/mol. The maximum atomic E-state index is 13.6. The van der Waals surface area contributed by atoms with E-state index in [2.05, 4.69) is 5.16 Å².